The Labute approximate surface area is 158 Å². The van der Waals surface area contributed by atoms with Gasteiger partial charge in [-0.15, -0.1) is 0 Å². The first-order valence-electron chi connectivity index (χ1n) is 9.78. The third-order valence-electron chi connectivity index (χ3n) is 5.73. The van der Waals surface area contributed by atoms with Crippen molar-refractivity contribution in [2.24, 2.45) is 5.41 Å². The number of phenolic OH excluding ortho intramolecular Hbond substituents is 1. The van der Waals surface area contributed by atoms with Gasteiger partial charge in [-0.3, -0.25) is 4.90 Å². The topological polar surface area (TPSA) is 41.9 Å². The second-order valence-corrected chi connectivity index (χ2v) is 10.3. The van der Waals surface area contributed by atoms with Crippen LogP contribution in [0.4, 0.5) is 0 Å². The molecule has 0 bridgehead atoms. The summed E-state index contributed by atoms with van der Waals surface area (Å²) in [6.45, 7) is 18.8. The van der Waals surface area contributed by atoms with Gasteiger partial charge in [0.1, 0.15) is 11.5 Å². The van der Waals surface area contributed by atoms with Gasteiger partial charge in [-0.1, -0.05) is 48.5 Å². The average molecular weight is 362 g/mol. The highest BCUT2D eigenvalue weighted by atomic mass is 16.5. The van der Waals surface area contributed by atoms with Gasteiger partial charge >= 0.3 is 0 Å². The van der Waals surface area contributed by atoms with Crippen LogP contribution in [0.2, 0.25) is 0 Å². The maximum absolute atomic E-state index is 10.8. The molecule has 4 nitrogen and oxygen atoms in total. The first kappa shape index (κ1) is 19.5. The highest BCUT2D eigenvalue weighted by molar-refractivity contribution is 5.54. The van der Waals surface area contributed by atoms with E-state index in [4.69, 9.17) is 9.47 Å². The summed E-state index contributed by atoms with van der Waals surface area (Å²) < 4.78 is 11.9. The summed E-state index contributed by atoms with van der Waals surface area (Å²) >= 11 is 0. The van der Waals surface area contributed by atoms with Crippen molar-refractivity contribution in [3.05, 3.63) is 23.3 Å². The van der Waals surface area contributed by atoms with Gasteiger partial charge in [0.15, 0.2) is 6.23 Å². The predicted molar refractivity (Wildman–Crippen MR) is 105 cm³/mol. The van der Waals surface area contributed by atoms with E-state index in [-0.39, 0.29) is 22.5 Å². The largest absolute Gasteiger partial charge is 0.508 e. The molecule has 1 fully saturated rings. The number of morpholine rings is 1. The van der Waals surface area contributed by atoms with Gasteiger partial charge in [0.25, 0.3) is 0 Å². The molecule has 2 heterocycles. The molecule has 1 N–H and O–H groups in total. The smallest absolute Gasteiger partial charge is 0.162 e. The number of phenols is 1. The Bertz CT molecular complexity index is 667. The maximum atomic E-state index is 10.8. The summed E-state index contributed by atoms with van der Waals surface area (Å²) in [5.41, 5.74) is 1.97. The summed E-state index contributed by atoms with van der Waals surface area (Å²) in [4.78, 5) is 2.36. The molecule has 0 aliphatic carbocycles. The number of aromatic hydroxyl groups is 1. The summed E-state index contributed by atoms with van der Waals surface area (Å²) in [7, 11) is 0. The molecule has 2 aliphatic heterocycles. The molecule has 4 heteroatoms. The fourth-order valence-electron chi connectivity index (χ4n) is 4.88. The number of fused-ring (bicyclic) bond motifs is 1. The van der Waals surface area contributed by atoms with E-state index < -0.39 is 0 Å². The minimum absolute atomic E-state index is 0.0122. The molecule has 0 spiro atoms. The lowest BCUT2D eigenvalue weighted by Crippen LogP contribution is -2.52. The number of ether oxygens (including phenoxy) is 2. The molecular formula is C22H35NO3. The lowest BCUT2D eigenvalue weighted by molar-refractivity contribution is -0.0613. The molecule has 146 valence electrons. The monoisotopic (exact) mass is 361 g/mol. The van der Waals surface area contributed by atoms with E-state index in [1.165, 1.54) is 0 Å². The Morgan fingerprint density at radius 1 is 1.12 bits per heavy atom. The molecule has 1 unspecified atom stereocenters. The third-order valence-corrected chi connectivity index (χ3v) is 5.73. The SMILES string of the molecule is CC(C)(C)CC(C)(C)c1cc2c(cc1O)C(C)(C)C(N1CCOCC1)O2. The second kappa shape index (κ2) is 6.42. The molecule has 0 amide bonds. The van der Waals surface area contributed by atoms with Gasteiger partial charge in [-0.2, -0.15) is 0 Å². The summed E-state index contributed by atoms with van der Waals surface area (Å²) in [6, 6.07) is 4.02. The van der Waals surface area contributed by atoms with E-state index in [1.54, 1.807) is 0 Å². The second-order valence-electron chi connectivity index (χ2n) is 10.3. The Morgan fingerprint density at radius 3 is 2.31 bits per heavy atom. The van der Waals surface area contributed by atoms with Crippen LogP contribution in [0.15, 0.2) is 12.1 Å². The van der Waals surface area contributed by atoms with Gasteiger partial charge in [0.2, 0.25) is 0 Å². The third kappa shape index (κ3) is 3.59. The predicted octanol–water partition coefficient (Wildman–Crippen LogP) is 4.43. The van der Waals surface area contributed by atoms with Gasteiger partial charge in [0.05, 0.1) is 13.2 Å². The Balaban J connectivity index is 1.95. The first-order chi connectivity index (χ1) is 11.9. The van der Waals surface area contributed by atoms with E-state index in [2.05, 4.69) is 59.4 Å². The molecule has 0 aromatic heterocycles. The van der Waals surface area contributed by atoms with E-state index in [0.29, 0.717) is 5.75 Å². The Hall–Kier alpha value is -1.26. The lowest BCUT2D eigenvalue weighted by Gasteiger charge is -2.38. The van der Waals surface area contributed by atoms with Crippen molar-refractivity contribution in [2.45, 2.75) is 71.9 Å². The quantitative estimate of drug-likeness (QED) is 0.864. The zero-order chi connectivity index (χ0) is 19.3. The van der Waals surface area contributed by atoms with Crippen molar-refractivity contribution in [1.29, 1.82) is 0 Å². The van der Waals surface area contributed by atoms with Crippen LogP contribution in [-0.2, 0) is 15.6 Å². The molecule has 0 radical (unpaired) electrons. The summed E-state index contributed by atoms with van der Waals surface area (Å²) in [6.07, 6.45) is 0.976. The molecule has 1 aromatic carbocycles. The average Bonchev–Trinajstić information content (AvgIpc) is 2.76. The molecule has 2 aliphatic rings. The summed E-state index contributed by atoms with van der Waals surface area (Å²) in [5.74, 6) is 1.30. The van der Waals surface area contributed by atoms with Gasteiger partial charge in [0, 0.05) is 29.6 Å². The van der Waals surface area contributed by atoms with Crippen molar-refractivity contribution >= 4 is 0 Å². The van der Waals surface area contributed by atoms with Crippen molar-refractivity contribution in [2.75, 3.05) is 26.3 Å². The normalized spacial score (nSPS) is 23.6. The number of hydrogen-bond acceptors (Lipinski definition) is 4. The molecule has 0 saturated carbocycles. The van der Waals surface area contributed by atoms with Crippen molar-refractivity contribution < 1.29 is 14.6 Å². The number of rotatable bonds is 3. The van der Waals surface area contributed by atoms with Crippen LogP contribution in [0.25, 0.3) is 0 Å². The Kier molecular flexibility index (Phi) is 4.81. The highest BCUT2D eigenvalue weighted by Gasteiger charge is 2.46. The lowest BCUT2D eigenvalue weighted by atomic mass is 9.71. The van der Waals surface area contributed by atoms with Crippen LogP contribution >= 0.6 is 0 Å². The van der Waals surface area contributed by atoms with Crippen molar-refractivity contribution in [1.82, 2.24) is 4.90 Å². The van der Waals surface area contributed by atoms with E-state index >= 15 is 0 Å². The van der Waals surface area contributed by atoms with Crippen LogP contribution in [-0.4, -0.2) is 42.5 Å². The first-order valence-corrected chi connectivity index (χ1v) is 9.78. The minimum atomic E-state index is -0.170. The van der Waals surface area contributed by atoms with Crippen LogP contribution in [0.3, 0.4) is 0 Å². The summed E-state index contributed by atoms with van der Waals surface area (Å²) in [5, 5.41) is 10.8. The van der Waals surface area contributed by atoms with Gasteiger partial charge in [-0.05, 0) is 29.4 Å². The Morgan fingerprint density at radius 2 is 1.73 bits per heavy atom. The number of benzene rings is 1. The maximum Gasteiger partial charge on any atom is 0.162 e. The fourth-order valence-corrected chi connectivity index (χ4v) is 4.88. The van der Waals surface area contributed by atoms with E-state index in [9.17, 15) is 5.11 Å². The van der Waals surface area contributed by atoms with Crippen LogP contribution in [0.1, 0.15) is 66.0 Å². The highest BCUT2D eigenvalue weighted by Crippen LogP contribution is 2.49. The molecule has 26 heavy (non-hydrogen) atoms. The van der Waals surface area contributed by atoms with Crippen LogP contribution in [0.5, 0.6) is 11.5 Å². The fraction of sp³-hybridized carbons (Fsp3) is 0.727. The molecule has 3 rings (SSSR count). The van der Waals surface area contributed by atoms with E-state index in [0.717, 1.165) is 49.6 Å². The van der Waals surface area contributed by atoms with Crippen molar-refractivity contribution in [3.63, 3.8) is 0 Å². The minimum Gasteiger partial charge on any atom is -0.508 e. The van der Waals surface area contributed by atoms with Gasteiger partial charge in [-0.25, -0.2) is 0 Å². The standard InChI is InChI=1S/C22H35NO3/c1-20(2,3)14-21(4,5)15-13-18-16(12-17(15)24)22(6,7)19(26-18)23-8-10-25-11-9-23/h12-13,19,24H,8-11,14H2,1-7H3. The molecule has 1 atom stereocenters. The number of hydrogen-bond donors (Lipinski definition) is 1. The zero-order valence-corrected chi connectivity index (χ0v) is 17.5. The molecule has 1 saturated heterocycles. The van der Waals surface area contributed by atoms with Crippen LogP contribution < -0.4 is 4.74 Å². The molecule has 1 aromatic rings. The van der Waals surface area contributed by atoms with E-state index in [1.807, 2.05) is 6.07 Å². The number of nitrogens with zero attached hydrogens (tertiary/aromatic N) is 1. The van der Waals surface area contributed by atoms with Gasteiger partial charge < -0.3 is 14.6 Å². The van der Waals surface area contributed by atoms with Crippen molar-refractivity contribution in [3.8, 4) is 11.5 Å². The molecular weight excluding hydrogens is 326 g/mol. The van der Waals surface area contributed by atoms with Crippen LogP contribution in [0, 0.1) is 5.41 Å². The zero-order valence-electron chi connectivity index (χ0n) is 17.5.